The highest BCUT2D eigenvalue weighted by Gasteiger charge is 2.38. The Hall–Kier alpha value is -4.04. The highest BCUT2D eigenvalue weighted by Crippen LogP contribution is 2.50. The van der Waals surface area contributed by atoms with Crippen molar-refractivity contribution >= 4 is 29.4 Å². The second kappa shape index (κ2) is 12.0. The predicted molar refractivity (Wildman–Crippen MR) is 161 cm³/mol. The van der Waals surface area contributed by atoms with E-state index in [1.54, 1.807) is 12.0 Å². The van der Waals surface area contributed by atoms with Gasteiger partial charge in [-0.1, -0.05) is 73.2 Å². The number of benzene rings is 3. The number of fused-ring (bicyclic) bond motifs is 1. The molecule has 2 heterocycles. The minimum absolute atomic E-state index is 0.00615. The van der Waals surface area contributed by atoms with Crippen molar-refractivity contribution in [3.63, 3.8) is 0 Å². The first-order chi connectivity index (χ1) is 19.4. The predicted octanol–water partition coefficient (Wildman–Crippen LogP) is 5.94. The molecule has 206 valence electrons. The van der Waals surface area contributed by atoms with E-state index in [9.17, 15) is 9.59 Å². The van der Waals surface area contributed by atoms with E-state index < -0.39 is 0 Å². The number of hydrogen-bond acceptors (Lipinski definition) is 5. The molecule has 2 atom stereocenters. The summed E-state index contributed by atoms with van der Waals surface area (Å²) in [6.07, 6.45) is 0.802. The molecular weight excluding hydrogens is 520 g/mol. The van der Waals surface area contributed by atoms with E-state index in [4.69, 9.17) is 9.84 Å². The third kappa shape index (κ3) is 5.49. The van der Waals surface area contributed by atoms with Crippen molar-refractivity contribution in [1.82, 2.24) is 15.1 Å². The molecule has 0 fully saturated rings. The molecular formula is C32H34N4O3S. The van der Waals surface area contributed by atoms with Crippen molar-refractivity contribution < 1.29 is 14.3 Å². The first kappa shape index (κ1) is 27.5. The Bertz CT molecular complexity index is 1500. The van der Waals surface area contributed by atoms with Crippen molar-refractivity contribution in [2.75, 3.05) is 24.3 Å². The molecule has 1 aliphatic heterocycles. The smallest absolute Gasteiger partial charge is 0.240 e. The number of hydrogen-bond donors (Lipinski definition) is 1. The van der Waals surface area contributed by atoms with Crippen molar-refractivity contribution in [2.45, 2.75) is 38.5 Å². The lowest BCUT2D eigenvalue weighted by Gasteiger charge is -2.24. The number of anilines is 1. The number of amides is 2. The first-order valence-electron chi connectivity index (χ1n) is 13.5. The van der Waals surface area contributed by atoms with Crippen LogP contribution in [0.2, 0.25) is 0 Å². The van der Waals surface area contributed by atoms with Crippen LogP contribution in [0.15, 0.2) is 78.9 Å². The summed E-state index contributed by atoms with van der Waals surface area (Å²) in [4.78, 5) is 28.6. The molecule has 0 aliphatic carbocycles. The van der Waals surface area contributed by atoms with Crippen LogP contribution < -0.4 is 15.0 Å². The zero-order valence-corrected chi connectivity index (χ0v) is 24.1. The molecule has 0 radical (unpaired) electrons. The number of aromatic nitrogens is 2. The van der Waals surface area contributed by atoms with Gasteiger partial charge in [0.15, 0.2) is 0 Å². The van der Waals surface area contributed by atoms with Crippen LogP contribution in [-0.4, -0.2) is 47.0 Å². The lowest BCUT2D eigenvalue weighted by Crippen LogP contribution is -2.44. The van der Waals surface area contributed by atoms with Gasteiger partial charge in [-0.3, -0.25) is 14.5 Å². The zero-order valence-electron chi connectivity index (χ0n) is 23.3. The molecule has 7 nitrogen and oxygen atoms in total. The molecule has 0 spiro atoms. The monoisotopic (exact) mass is 554 g/mol. The minimum atomic E-state index is -0.257. The van der Waals surface area contributed by atoms with Gasteiger partial charge in [0.25, 0.3) is 0 Å². The third-order valence-corrected chi connectivity index (χ3v) is 8.39. The molecule has 1 N–H and O–H groups in total. The molecule has 0 unspecified atom stereocenters. The Kier molecular flexibility index (Phi) is 8.26. The van der Waals surface area contributed by atoms with Gasteiger partial charge in [0.1, 0.15) is 18.1 Å². The number of thioether (sulfide) groups is 1. The van der Waals surface area contributed by atoms with E-state index in [-0.39, 0.29) is 35.4 Å². The van der Waals surface area contributed by atoms with Crippen molar-refractivity contribution in [2.24, 2.45) is 0 Å². The van der Waals surface area contributed by atoms with Gasteiger partial charge in [-0.25, -0.2) is 4.68 Å². The molecule has 2 amide bonds. The van der Waals surface area contributed by atoms with E-state index in [1.165, 1.54) is 11.8 Å². The van der Waals surface area contributed by atoms with Crippen LogP contribution in [0.3, 0.4) is 0 Å². The topological polar surface area (TPSA) is 76.5 Å². The second-order valence-corrected chi connectivity index (χ2v) is 11.1. The van der Waals surface area contributed by atoms with Gasteiger partial charge in [-0.2, -0.15) is 5.10 Å². The maximum Gasteiger partial charge on any atom is 0.240 e. The molecule has 0 saturated carbocycles. The first-order valence-corrected chi connectivity index (χ1v) is 14.6. The highest BCUT2D eigenvalue weighted by atomic mass is 32.2. The zero-order chi connectivity index (χ0) is 28.2. The Morgan fingerprint density at radius 2 is 1.77 bits per heavy atom. The van der Waals surface area contributed by atoms with Crippen molar-refractivity contribution in [1.29, 1.82) is 0 Å². The molecule has 4 aromatic rings. The van der Waals surface area contributed by atoms with Crippen LogP contribution in [0.5, 0.6) is 5.75 Å². The molecule has 3 aromatic carbocycles. The minimum Gasteiger partial charge on any atom is -0.496 e. The van der Waals surface area contributed by atoms with Gasteiger partial charge in [0.05, 0.1) is 29.5 Å². The molecule has 1 aromatic heterocycles. The number of carbonyl (C=O) groups is 2. The largest absolute Gasteiger partial charge is 0.496 e. The van der Waals surface area contributed by atoms with Crippen LogP contribution in [0.1, 0.15) is 42.2 Å². The van der Waals surface area contributed by atoms with Crippen molar-refractivity contribution in [3.05, 3.63) is 95.6 Å². The standard InChI is InChI=1S/C32H34N4O3S/c1-5-22(3)33-27(37)19-35-28(38)20-40-31(25-13-9-10-14-26(25)39-4)29-30(23-11-7-6-8-12-23)34-36(32(29)35)24-17-15-21(2)16-18-24/h6-18,22,31H,5,19-20H2,1-4H3,(H,33,37)/t22-,31+/m0/s1. The second-order valence-electron chi connectivity index (χ2n) is 9.99. The number of ether oxygens (including phenoxy) is 1. The number of carbonyl (C=O) groups excluding carboxylic acids is 2. The summed E-state index contributed by atoms with van der Waals surface area (Å²) in [5.74, 6) is 1.20. The molecule has 5 rings (SSSR count). The highest BCUT2D eigenvalue weighted by molar-refractivity contribution is 8.00. The van der Waals surface area contributed by atoms with E-state index in [0.29, 0.717) is 5.82 Å². The van der Waals surface area contributed by atoms with Gasteiger partial charge in [0, 0.05) is 22.7 Å². The van der Waals surface area contributed by atoms with E-state index >= 15 is 0 Å². The van der Waals surface area contributed by atoms with Gasteiger partial charge in [-0.05, 0) is 38.5 Å². The summed E-state index contributed by atoms with van der Waals surface area (Å²) in [6, 6.07) is 25.9. The van der Waals surface area contributed by atoms with E-state index in [2.05, 4.69) is 5.32 Å². The Balaban J connectivity index is 1.79. The normalized spacial score (nSPS) is 15.8. The quantitative estimate of drug-likeness (QED) is 0.292. The number of para-hydroxylation sites is 1. The average Bonchev–Trinajstić information content (AvgIpc) is 3.30. The lowest BCUT2D eigenvalue weighted by molar-refractivity contribution is -0.123. The SMILES string of the molecule is CC[C@H](C)NC(=O)CN1C(=O)CS[C@H](c2ccccc2OC)c2c(-c3ccccc3)nn(-c3ccc(C)cc3)c21. The van der Waals surface area contributed by atoms with E-state index in [1.807, 2.05) is 104 Å². The van der Waals surface area contributed by atoms with Crippen LogP contribution in [0, 0.1) is 6.92 Å². The van der Waals surface area contributed by atoms with Gasteiger partial charge < -0.3 is 10.1 Å². The summed E-state index contributed by atoms with van der Waals surface area (Å²) >= 11 is 1.53. The van der Waals surface area contributed by atoms with Crippen molar-refractivity contribution in [3.8, 4) is 22.7 Å². The maximum atomic E-state index is 13.8. The summed E-state index contributed by atoms with van der Waals surface area (Å²) in [7, 11) is 1.66. The fourth-order valence-electron chi connectivity index (χ4n) is 4.89. The summed E-state index contributed by atoms with van der Waals surface area (Å²) in [5, 5.41) is 7.91. The Morgan fingerprint density at radius 3 is 2.48 bits per heavy atom. The Labute approximate surface area is 239 Å². The van der Waals surface area contributed by atoms with Crippen LogP contribution in [-0.2, 0) is 9.59 Å². The van der Waals surface area contributed by atoms with Gasteiger partial charge in [0.2, 0.25) is 11.8 Å². The lowest BCUT2D eigenvalue weighted by atomic mass is 9.99. The van der Waals surface area contributed by atoms with E-state index in [0.717, 1.165) is 45.8 Å². The number of nitrogens with one attached hydrogen (secondary N) is 1. The fraction of sp³-hybridized carbons (Fsp3) is 0.281. The van der Waals surface area contributed by atoms with Gasteiger partial charge >= 0.3 is 0 Å². The van der Waals surface area contributed by atoms with Crippen LogP contribution in [0.25, 0.3) is 16.9 Å². The van der Waals surface area contributed by atoms with Gasteiger partial charge in [-0.15, -0.1) is 11.8 Å². The molecule has 40 heavy (non-hydrogen) atoms. The number of methoxy groups -OCH3 is 1. The summed E-state index contributed by atoms with van der Waals surface area (Å²) in [5.41, 5.74) is 5.47. The van der Waals surface area contributed by atoms with Crippen LogP contribution in [0.4, 0.5) is 5.82 Å². The summed E-state index contributed by atoms with van der Waals surface area (Å²) in [6.45, 7) is 5.92. The number of nitrogens with zero attached hydrogens (tertiary/aromatic N) is 3. The fourth-order valence-corrected chi connectivity index (χ4v) is 6.11. The molecule has 0 bridgehead atoms. The molecule has 1 aliphatic rings. The molecule has 8 heteroatoms. The van der Waals surface area contributed by atoms with Crippen LogP contribution >= 0.6 is 11.8 Å². The molecule has 0 saturated heterocycles. The average molecular weight is 555 g/mol. The number of aryl methyl sites for hydroxylation is 1. The summed E-state index contributed by atoms with van der Waals surface area (Å²) < 4.78 is 7.60. The maximum absolute atomic E-state index is 13.8. The third-order valence-electron chi connectivity index (χ3n) is 7.16. The number of rotatable bonds is 8. The Morgan fingerprint density at radius 1 is 1.07 bits per heavy atom.